The molecule has 11 heavy (non-hydrogen) atoms. The van der Waals surface area contributed by atoms with Gasteiger partial charge in [-0.25, -0.2) is 0 Å². The van der Waals surface area contributed by atoms with Gasteiger partial charge in [0.05, 0.1) is 5.60 Å². The van der Waals surface area contributed by atoms with Gasteiger partial charge >= 0.3 is 0 Å². The van der Waals surface area contributed by atoms with Gasteiger partial charge < -0.3 is 0 Å². The summed E-state index contributed by atoms with van der Waals surface area (Å²) in [5.74, 6) is 0.609. The maximum Gasteiger partial charge on any atom is 0.0813 e. The molecule has 0 spiro atoms. The average Bonchev–Trinajstić information content (AvgIpc) is 1.80. The molecule has 0 amide bonds. The standard InChI is InChI=1S/C9H21NO/c1-7(2)8(3)10-11-9(4,5)6/h7-8,10H,1-6H3. The van der Waals surface area contributed by atoms with Crippen molar-refractivity contribution in [1.82, 2.24) is 5.48 Å². The Kier molecular flexibility index (Phi) is 4.04. The van der Waals surface area contributed by atoms with Gasteiger partial charge in [-0.3, -0.25) is 4.84 Å². The summed E-state index contributed by atoms with van der Waals surface area (Å²) in [6.07, 6.45) is 0. The quantitative estimate of drug-likeness (QED) is 0.638. The molecule has 0 heterocycles. The highest BCUT2D eigenvalue weighted by molar-refractivity contribution is 4.62. The van der Waals surface area contributed by atoms with Crippen molar-refractivity contribution in [3.63, 3.8) is 0 Å². The van der Waals surface area contributed by atoms with E-state index in [4.69, 9.17) is 4.84 Å². The smallest absolute Gasteiger partial charge is 0.0813 e. The van der Waals surface area contributed by atoms with Crippen molar-refractivity contribution in [2.24, 2.45) is 5.92 Å². The maximum atomic E-state index is 5.40. The van der Waals surface area contributed by atoms with E-state index in [1.807, 2.05) is 20.8 Å². The second-order valence-electron chi connectivity index (χ2n) is 4.36. The first kappa shape index (κ1) is 10.9. The Balaban J connectivity index is 3.54. The minimum absolute atomic E-state index is 0.0941. The van der Waals surface area contributed by atoms with Crippen LogP contribution in [0.1, 0.15) is 41.5 Å². The summed E-state index contributed by atoms with van der Waals surface area (Å²) in [6.45, 7) is 12.6. The predicted molar refractivity (Wildman–Crippen MR) is 48.3 cm³/mol. The fourth-order valence-corrected chi connectivity index (χ4v) is 0.406. The van der Waals surface area contributed by atoms with Crippen LogP contribution in [0.15, 0.2) is 0 Å². The SMILES string of the molecule is CC(C)C(C)NOC(C)(C)C. The van der Waals surface area contributed by atoms with E-state index in [1.165, 1.54) is 0 Å². The van der Waals surface area contributed by atoms with Crippen molar-refractivity contribution in [2.45, 2.75) is 53.2 Å². The summed E-state index contributed by atoms with van der Waals surface area (Å²) in [6, 6.07) is 0.411. The van der Waals surface area contributed by atoms with Gasteiger partial charge in [-0.2, -0.15) is 5.48 Å². The molecule has 0 aromatic heterocycles. The highest BCUT2D eigenvalue weighted by Gasteiger charge is 2.13. The first-order valence-corrected chi connectivity index (χ1v) is 4.26. The molecule has 0 aliphatic heterocycles. The summed E-state index contributed by atoms with van der Waals surface area (Å²) in [7, 11) is 0. The van der Waals surface area contributed by atoms with Crippen molar-refractivity contribution >= 4 is 0 Å². The van der Waals surface area contributed by atoms with Gasteiger partial charge in [0.1, 0.15) is 0 Å². The summed E-state index contributed by atoms with van der Waals surface area (Å²) in [5.41, 5.74) is 2.93. The predicted octanol–water partition coefficient (Wildman–Crippen LogP) is 2.35. The maximum absolute atomic E-state index is 5.40. The van der Waals surface area contributed by atoms with E-state index >= 15 is 0 Å². The van der Waals surface area contributed by atoms with E-state index in [1.54, 1.807) is 0 Å². The molecule has 1 atom stereocenters. The summed E-state index contributed by atoms with van der Waals surface area (Å²) >= 11 is 0. The van der Waals surface area contributed by atoms with Gasteiger partial charge in [-0.1, -0.05) is 13.8 Å². The van der Waals surface area contributed by atoms with E-state index < -0.39 is 0 Å². The fraction of sp³-hybridized carbons (Fsp3) is 1.00. The zero-order valence-electron chi connectivity index (χ0n) is 8.56. The van der Waals surface area contributed by atoms with Crippen LogP contribution in [0.4, 0.5) is 0 Å². The molecule has 68 valence electrons. The van der Waals surface area contributed by atoms with Gasteiger partial charge in [0.15, 0.2) is 0 Å². The monoisotopic (exact) mass is 159 g/mol. The molecule has 0 bridgehead atoms. The van der Waals surface area contributed by atoms with Crippen molar-refractivity contribution in [3.8, 4) is 0 Å². The van der Waals surface area contributed by atoms with Gasteiger partial charge in [0.2, 0.25) is 0 Å². The van der Waals surface area contributed by atoms with Crippen LogP contribution in [-0.2, 0) is 4.84 Å². The lowest BCUT2D eigenvalue weighted by atomic mass is 10.1. The third kappa shape index (κ3) is 6.32. The van der Waals surface area contributed by atoms with Crippen LogP contribution in [0.3, 0.4) is 0 Å². The number of hydrogen-bond donors (Lipinski definition) is 1. The normalized spacial score (nSPS) is 15.5. The van der Waals surface area contributed by atoms with Crippen molar-refractivity contribution in [2.75, 3.05) is 0 Å². The van der Waals surface area contributed by atoms with Gasteiger partial charge in [0, 0.05) is 6.04 Å². The van der Waals surface area contributed by atoms with Crippen molar-refractivity contribution in [1.29, 1.82) is 0 Å². The first-order chi connectivity index (χ1) is 4.83. The molecule has 0 aliphatic rings. The lowest BCUT2D eigenvalue weighted by Crippen LogP contribution is -2.37. The molecule has 0 aliphatic carbocycles. The van der Waals surface area contributed by atoms with Crippen LogP contribution < -0.4 is 5.48 Å². The number of hydrogen-bond acceptors (Lipinski definition) is 2. The Labute approximate surface area is 70.3 Å². The van der Waals surface area contributed by atoms with Crippen LogP contribution in [0, 0.1) is 5.92 Å². The fourth-order valence-electron chi connectivity index (χ4n) is 0.406. The Morgan fingerprint density at radius 2 is 1.55 bits per heavy atom. The summed E-state index contributed by atoms with van der Waals surface area (Å²) in [4.78, 5) is 5.40. The third-order valence-electron chi connectivity index (χ3n) is 1.55. The van der Waals surface area contributed by atoms with Crippen LogP contribution in [0.5, 0.6) is 0 Å². The molecular formula is C9H21NO. The highest BCUT2D eigenvalue weighted by Crippen LogP contribution is 2.07. The zero-order valence-corrected chi connectivity index (χ0v) is 8.56. The molecule has 0 rings (SSSR count). The van der Waals surface area contributed by atoms with Gasteiger partial charge in [-0.15, -0.1) is 0 Å². The van der Waals surface area contributed by atoms with Crippen LogP contribution in [0.2, 0.25) is 0 Å². The molecule has 0 saturated carbocycles. The van der Waals surface area contributed by atoms with Crippen LogP contribution in [-0.4, -0.2) is 11.6 Å². The third-order valence-corrected chi connectivity index (χ3v) is 1.55. The van der Waals surface area contributed by atoms with Crippen LogP contribution in [0.25, 0.3) is 0 Å². The van der Waals surface area contributed by atoms with Gasteiger partial charge in [-0.05, 0) is 33.6 Å². The number of nitrogens with one attached hydrogen (secondary N) is 1. The Morgan fingerprint density at radius 1 is 1.09 bits per heavy atom. The molecular weight excluding hydrogens is 138 g/mol. The minimum atomic E-state index is -0.0941. The summed E-state index contributed by atoms with van der Waals surface area (Å²) in [5, 5.41) is 0. The molecule has 0 saturated heterocycles. The molecule has 2 heteroatoms. The number of rotatable bonds is 3. The molecule has 0 aromatic rings. The Morgan fingerprint density at radius 3 is 1.82 bits per heavy atom. The van der Waals surface area contributed by atoms with Crippen molar-refractivity contribution < 1.29 is 4.84 Å². The van der Waals surface area contributed by atoms with E-state index in [9.17, 15) is 0 Å². The highest BCUT2D eigenvalue weighted by atomic mass is 16.7. The minimum Gasteiger partial charge on any atom is -0.296 e. The van der Waals surface area contributed by atoms with E-state index in [-0.39, 0.29) is 5.60 Å². The number of hydroxylamine groups is 1. The summed E-state index contributed by atoms with van der Waals surface area (Å²) < 4.78 is 0. The second kappa shape index (κ2) is 4.07. The van der Waals surface area contributed by atoms with E-state index in [0.717, 1.165) is 0 Å². The van der Waals surface area contributed by atoms with Crippen LogP contribution >= 0.6 is 0 Å². The van der Waals surface area contributed by atoms with E-state index in [2.05, 4.69) is 26.3 Å². The topological polar surface area (TPSA) is 21.3 Å². The molecule has 0 fully saturated rings. The first-order valence-electron chi connectivity index (χ1n) is 4.26. The molecule has 1 unspecified atom stereocenters. The Bertz CT molecular complexity index is 105. The second-order valence-corrected chi connectivity index (χ2v) is 4.36. The lowest BCUT2D eigenvalue weighted by molar-refractivity contribution is -0.0914. The molecule has 0 radical (unpaired) electrons. The molecule has 1 N–H and O–H groups in total. The largest absolute Gasteiger partial charge is 0.296 e. The molecule has 0 aromatic carbocycles. The zero-order chi connectivity index (χ0) is 9.07. The van der Waals surface area contributed by atoms with E-state index in [0.29, 0.717) is 12.0 Å². The Hall–Kier alpha value is -0.0800. The lowest BCUT2D eigenvalue weighted by Gasteiger charge is -2.24. The molecule has 2 nitrogen and oxygen atoms in total. The average molecular weight is 159 g/mol. The van der Waals surface area contributed by atoms with Crippen molar-refractivity contribution in [3.05, 3.63) is 0 Å². The van der Waals surface area contributed by atoms with Gasteiger partial charge in [0.25, 0.3) is 0 Å².